The fourth-order valence-electron chi connectivity index (χ4n) is 3.85. The van der Waals surface area contributed by atoms with E-state index in [1.807, 2.05) is 17.4 Å². The molecule has 26 heavy (non-hydrogen) atoms. The van der Waals surface area contributed by atoms with Gasteiger partial charge >= 0.3 is 6.03 Å². The molecule has 1 aromatic rings. The zero-order chi connectivity index (χ0) is 18.6. The molecule has 9 heteroatoms. The van der Waals surface area contributed by atoms with Gasteiger partial charge in [0.25, 0.3) is 0 Å². The van der Waals surface area contributed by atoms with Crippen LogP contribution in [0.5, 0.6) is 0 Å². The number of urea groups is 1. The molecule has 3 heterocycles. The molecule has 146 valence electrons. The molecular weight excluding hydrogens is 354 g/mol. The van der Waals surface area contributed by atoms with Gasteiger partial charge in [0.1, 0.15) is 0 Å². The monoisotopic (exact) mass is 383 g/mol. The first kappa shape index (κ1) is 19.2. The molecule has 0 spiro atoms. The summed E-state index contributed by atoms with van der Waals surface area (Å²) in [7, 11) is -3.14. The fourth-order valence-corrected chi connectivity index (χ4v) is 4.79. The van der Waals surface area contributed by atoms with Gasteiger partial charge in [0.2, 0.25) is 10.0 Å². The lowest BCUT2D eigenvalue weighted by Crippen LogP contribution is -2.48. The molecule has 2 fully saturated rings. The van der Waals surface area contributed by atoms with E-state index in [-0.39, 0.29) is 11.9 Å². The predicted molar refractivity (Wildman–Crippen MR) is 99.1 cm³/mol. The smallest absolute Gasteiger partial charge is 0.317 e. The van der Waals surface area contributed by atoms with Gasteiger partial charge in [0.05, 0.1) is 12.6 Å². The van der Waals surface area contributed by atoms with Crippen LogP contribution in [0.25, 0.3) is 0 Å². The van der Waals surface area contributed by atoms with Crippen molar-refractivity contribution in [3.63, 3.8) is 0 Å². The largest absolute Gasteiger partial charge is 0.338 e. The van der Waals surface area contributed by atoms with Crippen LogP contribution in [0.3, 0.4) is 0 Å². The number of hydrogen-bond donors (Lipinski definition) is 1. The van der Waals surface area contributed by atoms with E-state index in [2.05, 4.69) is 14.9 Å². The average molecular weight is 384 g/mol. The third kappa shape index (κ3) is 5.20. The van der Waals surface area contributed by atoms with E-state index in [4.69, 9.17) is 0 Å². The van der Waals surface area contributed by atoms with Crippen molar-refractivity contribution in [1.29, 1.82) is 0 Å². The average Bonchev–Trinajstić information content (AvgIpc) is 3.13. The molecule has 0 aliphatic carbocycles. The van der Waals surface area contributed by atoms with Crippen molar-refractivity contribution in [1.82, 2.24) is 24.1 Å². The van der Waals surface area contributed by atoms with E-state index in [1.165, 1.54) is 10.6 Å². The van der Waals surface area contributed by atoms with Crippen LogP contribution in [-0.2, 0) is 16.6 Å². The Morgan fingerprint density at radius 3 is 2.62 bits per heavy atom. The number of nitrogens with one attached hydrogen (secondary N) is 1. The van der Waals surface area contributed by atoms with Crippen molar-refractivity contribution in [2.24, 2.45) is 11.8 Å². The van der Waals surface area contributed by atoms with Crippen molar-refractivity contribution in [2.45, 2.75) is 32.2 Å². The lowest BCUT2D eigenvalue weighted by atomic mass is 9.97. The fraction of sp³-hybridized carbons (Fsp3) is 0.765. The number of imidazole rings is 1. The molecule has 1 aromatic heterocycles. The summed E-state index contributed by atoms with van der Waals surface area (Å²) in [4.78, 5) is 18.4. The van der Waals surface area contributed by atoms with Crippen LogP contribution in [0.1, 0.15) is 25.7 Å². The summed E-state index contributed by atoms with van der Waals surface area (Å²) in [5.74, 6) is 0.774. The van der Waals surface area contributed by atoms with Crippen LogP contribution < -0.4 is 5.32 Å². The minimum Gasteiger partial charge on any atom is -0.338 e. The van der Waals surface area contributed by atoms with Gasteiger partial charge in [-0.25, -0.2) is 22.5 Å². The Morgan fingerprint density at radius 1 is 1.19 bits per heavy atom. The van der Waals surface area contributed by atoms with Crippen molar-refractivity contribution in [2.75, 3.05) is 39.0 Å². The highest BCUT2D eigenvalue weighted by atomic mass is 32.2. The summed E-state index contributed by atoms with van der Waals surface area (Å²) in [5, 5.41) is 3.00. The molecule has 2 amide bonds. The Hall–Kier alpha value is -1.61. The topological polar surface area (TPSA) is 87.5 Å². The maximum atomic E-state index is 12.4. The van der Waals surface area contributed by atoms with Crippen molar-refractivity contribution < 1.29 is 13.2 Å². The molecule has 1 atom stereocenters. The number of hydrogen-bond acceptors (Lipinski definition) is 4. The van der Waals surface area contributed by atoms with Gasteiger partial charge in [-0.2, -0.15) is 0 Å². The van der Waals surface area contributed by atoms with Gasteiger partial charge in [-0.05, 0) is 37.5 Å². The van der Waals surface area contributed by atoms with Crippen LogP contribution in [-0.4, -0.2) is 72.2 Å². The SMILES string of the molecule is CS(=O)(=O)N1CCCC(CNC(=O)N2CCC(Cn3ccnc3)CC2)C1. The van der Waals surface area contributed by atoms with Crippen LogP contribution in [0, 0.1) is 11.8 Å². The third-order valence-corrected chi connectivity index (χ3v) is 6.69. The van der Waals surface area contributed by atoms with E-state index in [0.717, 1.165) is 45.3 Å². The van der Waals surface area contributed by atoms with Crippen LogP contribution in [0.15, 0.2) is 18.7 Å². The summed E-state index contributed by atoms with van der Waals surface area (Å²) in [6, 6.07) is -0.0254. The van der Waals surface area contributed by atoms with E-state index in [1.54, 1.807) is 6.20 Å². The standard InChI is InChI=1S/C17H29N5O3S/c1-26(24,25)22-7-2-3-16(13-22)11-19-17(23)21-8-4-15(5-9-21)12-20-10-6-18-14-20/h6,10,14-16H,2-5,7-9,11-13H2,1H3,(H,19,23). The highest BCUT2D eigenvalue weighted by molar-refractivity contribution is 7.88. The molecule has 0 saturated carbocycles. The zero-order valence-electron chi connectivity index (χ0n) is 15.4. The summed E-state index contributed by atoms with van der Waals surface area (Å²) >= 11 is 0. The van der Waals surface area contributed by atoms with Crippen LogP contribution in [0.2, 0.25) is 0 Å². The highest BCUT2D eigenvalue weighted by Crippen LogP contribution is 2.20. The Balaban J connectivity index is 1.39. The van der Waals surface area contributed by atoms with Crippen molar-refractivity contribution in [3.8, 4) is 0 Å². The van der Waals surface area contributed by atoms with Gasteiger partial charge < -0.3 is 14.8 Å². The molecule has 0 aromatic carbocycles. The quantitative estimate of drug-likeness (QED) is 0.821. The van der Waals surface area contributed by atoms with Gasteiger partial charge in [-0.3, -0.25) is 0 Å². The molecule has 3 rings (SSSR count). The number of likely N-dealkylation sites (tertiary alicyclic amines) is 1. The molecule has 1 unspecified atom stereocenters. The number of carbonyl (C=O) groups is 1. The second-order valence-electron chi connectivity index (χ2n) is 7.51. The molecular formula is C17H29N5O3S. The predicted octanol–water partition coefficient (Wildman–Crippen LogP) is 0.976. The molecule has 8 nitrogen and oxygen atoms in total. The Labute approximate surface area is 155 Å². The Kier molecular flexibility index (Phi) is 6.18. The van der Waals surface area contributed by atoms with Crippen LogP contribution in [0.4, 0.5) is 4.79 Å². The second-order valence-corrected chi connectivity index (χ2v) is 9.49. The number of carbonyl (C=O) groups excluding carboxylic acids is 1. The van der Waals surface area contributed by atoms with Crippen molar-refractivity contribution in [3.05, 3.63) is 18.7 Å². The van der Waals surface area contributed by atoms with Gasteiger partial charge in [-0.1, -0.05) is 0 Å². The minimum absolute atomic E-state index is 0.0254. The maximum Gasteiger partial charge on any atom is 0.317 e. The van der Waals surface area contributed by atoms with E-state index in [9.17, 15) is 13.2 Å². The second kappa shape index (κ2) is 8.39. The number of nitrogens with zero attached hydrogens (tertiary/aromatic N) is 4. The van der Waals surface area contributed by atoms with Gasteiger partial charge in [0, 0.05) is 51.7 Å². The minimum atomic E-state index is -3.14. The Morgan fingerprint density at radius 2 is 1.96 bits per heavy atom. The molecule has 0 bridgehead atoms. The summed E-state index contributed by atoms with van der Waals surface area (Å²) in [5.41, 5.74) is 0. The highest BCUT2D eigenvalue weighted by Gasteiger charge is 2.27. The first-order valence-corrected chi connectivity index (χ1v) is 11.2. The first-order chi connectivity index (χ1) is 12.4. The molecule has 2 saturated heterocycles. The number of piperidine rings is 2. The lowest BCUT2D eigenvalue weighted by Gasteiger charge is -2.34. The molecule has 2 aliphatic rings. The molecule has 1 N–H and O–H groups in total. The Bertz CT molecular complexity index is 683. The lowest BCUT2D eigenvalue weighted by molar-refractivity contribution is 0.162. The van der Waals surface area contributed by atoms with Crippen LogP contribution >= 0.6 is 0 Å². The van der Waals surface area contributed by atoms with E-state index in [0.29, 0.717) is 25.6 Å². The number of amides is 2. The number of sulfonamides is 1. The van der Waals surface area contributed by atoms with E-state index < -0.39 is 10.0 Å². The number of aromatic nitrogens is 2. The first-order valence-electron chi connectivity index (χ1n) is 9.35. The van der Waals surface area contributed by atoms with E-state index >= 15 is 0 Å². The maximum absolute atomic E-state index is 12.4. The third-order valence-electron chi connectivity index (χ3n) is 5.42. The normalized spacial score (nSPS) is 23.1. The molecule has 2 aliphatic heterocycles. The summed E-state index contributed by atoms with van der Waals surface area (Å²) in [6.45, 7) is 4.13. The summed E-state index contributed by atoms with van der Waals surface area (Å²) in [6.07, 6.45) is 10.7. The summed E-state index contributed by atoms with van der Waals surface area (Å²) < 4.78 is 27.0. The number of rotatable bonds is 5. The van der Waals surface area contributed by atoms with Gasteiger partial charge in [0.15, 0.2) is 0 Å². The molecule has 0 radical (unpaired) electrons. The van der Waals surface area contributed by atoms with Crippen molar-refractivity contribution >= 4 is 16.1 Å². The van der Waals surface area contributed by atoms with Gasteiger partial charge in [-0.15, -0.1) is 0 Å². The zero-order valence-corrected chi connectivity index (χ0v) is 16.2.